The Balaban J connectivity index is 1.74. The Hall–Kier alpha value is -1.10. The Morgan fingerprint density at radius 2 is 1.85 bits per heavy atom. The number of hydrogen-bond donors (Lipinski definition) is 2. The molecule has 0 saturated carbocycles. The monoisotopic (exact) mass is 282 g/mol. The first-order valence-electron chi connectivity index (χ1n) is 7.52. The molecule has 2 rings (SSSR count). The molecule has 2 aliphatic heterocycles. The smallest absolute Gasteiger partial charge is 0.313 e. The van der Waals surface area contributed by atoms with E-state index in [0.717, 1.165) is 12.8 Å². The summed E-state index contributed by atoms with van der Waals surface area (Å²) < 4.78 is 4.74. The van der Waals surface area contributed by atoms with Crippen molar-refractivity contribution < 1.29 is 14.3 Å². The first-order chi connectivity index (χ1) is 9.40. The maximum Gasteiger partial charge on any atom is 0.313 e. The van der Waals surface area contributed by atoms with Crippen molar-refractivity contribution in [2.24, 2.45) is 11.3 Å². The molecule has 114 valence electrons. The second-order valence-corrected chi connectivity index (χ2v) is 6.83. The number of fused-ring (bicyclic) bond motifs is 2. The van der Waals surface area contributed by atoms with Gasteiger partial charge in [-0.25, -0.2) is 0 Å². The van der Waals surface area contributed by atoms with Crippen LogP contribution in [-0.2, 0) is 14.3 Å². The van der Waals surface area contributed by atoms with Crippen LogP contribution in [0.1, 0.15) is 46.0 Å². The van der Waals surface area contributed by atoms with Gasteiger partial charge >= 0.3 is 5.97 Å². The Morgan fingerprint density at radius 3 is 2.40 bits per heavy atom. The normalized spacial score (nSPS) is 29.1. The van der Waals surface area contributed by atoms with Gasteiger partial charge in [0.15, 0.2) is 0 Å². The molecule has 0 spiro atoms. The second kappa shape index (κ2) is 6.12. The maximum atomic E-state index is 12.0. The first-order valence-corrected chi connectivity index (χ1v) is 7.52. The molecule has 2 saturated heterocycles. The van der Waals surface area contributed by atoms with Crippen LogP contribution in [0.3, 0.4) is 0 Å². The molecule has 0 aromatic rings. The van der Waals surface area contributed by atoms with Crippen molar-refractivity contribution in [2.75, 3.05) is 13.7 Å². The SMILES string of the molecule is COC(=O)C(C)(C)CNC(=O)CC1CC2CCC(C1)N2. The summed E-state index contributed by atoms with van der Waals surface area (Å²) in [6.45, 7) is 3.89. The van der Waals surface area contributed by atoms with Crippen LogP contribution in [0.4, 0.5) is 0 Å². The fraction of sp³-hybridized carbons (Fsp3) is 0.867. The molecular formula is C15H26N2O3. The van der Waals surface area contributed by atoms with E-state index in [0.29, 0.717) is 31.0 Å². The number of nitrogens with one attached hydrogen (secondary N) is 2. The number of methoxy groups -OCH3 is 1. The zero-order valence-electron chi connectivity index (χ0n) is 12.7. The van der Waals surface area contributed by atoms with Crippen molar-refractivity contribution in [2.45, 2.75) is 58.0 Å². The summed E-state index contributed by atoms with van der Waals surface area (Å²) in [6.07, 6.45) is 5.27. The van der Waals surface area contributed by atoms with Gasteiger partial charge in [0, 0.05) is 25.0 Å². The van der Waals surface area contributed by atoms with Crippen molar-refractivity contribution in [3.8, 4) is 0 Å². The third-order valence-electron chi connectivity index (χ3n) is 4.51. The lowest BCUT2D eigenvalue weighted by Gasteiger charge is -2.29. The Bertz CT molecular complexity index is 369. The van der Waals surface area contributed by atoms with Gasteiger partial charge in [0.1, 0.15) is 0 Å². The molecule has 2 N–H and O–H groups in total. The molecule has 5 heteroatoms. The van der Waals surface area contributed by atoms with Crippen LogP contribution in [0.15, 0.2) is 0 Å². The van der Waals surface area contributed by atoms with E-state index in [1.54, 1.807) is 13.8 Å². The Morgan fingerprint density at radius 1 is 1.25 bits per heavy atom. The van der Waals surface area contributed by atoms with Crippen molar-refractivity contribution in [1.29, 1.82) is 0 Å². The second-order valence-electron chi connectivity index (χ2n) is 6.83. The fourth-order valence-electron chi connectivity index (χ4n) is 3.34. The van der Waals surface area contributed by atoms with Gasteiger partial charge in [0.25, 0.3) is 0 Å². The average molecular weight is 282 g/mol. The molecule has 0 radical (unpaired) electrons. The molecule has 2 aliphatic rings. The largest absolute Gasteiger partial charge is 0.469 e. The number of esters is 1. The van der Waals surface area contributed by atoms with Crippen LogP contribution >= 0.6 is 0 Å². The molecule has 2 bridgehead atoms. The third-order valence-corrected chi connectivity index (χ3v) is 4.51. The number of amides is 1. The van der Waals surface area contributed by atoms with Gasteiger partial charge in [-0.3, -0.25) is 9.59 Å². The van der Waals surface area contributed by atoms with Gasteiger partial charge in [0.05, 0.1) is 12.5 Å². The minimum atomic E-state index is -0.669. The summed E-state index contributed by atoms with van der Waals surface area (Å²) in [4.78, 5) is 23.6. The molecule has 2 fully saturated rings. The predicted molar refractivity (Wildman–Crippen MR) is 76.1 cm³/mol. The average Bonchev–Trinajstić information content (AvgIpc) is 2.75. The standard InChI is InChI=1S/C15H26N2O3/c1-15(2,14(19)20-3)9-16-13(18)8-10-6-11-4-5-12(7-10)17-11/h10-12,17H,4-9H2,1-3H3,(H,16,18). The van der Waals surface area contributed by atoms with Crippen molar-refractivity contribution in [3.63, 3.8) is 0 Å². The number of carbonyl (C=O) groups excluding carboxylic acids is 2. The topological polar surface area (TPSA) is 67.4 Å². The molecule has 0 aromatic heterocycles. The highest BCUT2D eigenvalue weighted by atomic mass is 16.5. The molecule has 20 heavy (non-hydrogen) atoms. The molecule has 0 aliphatic carbocycles. The number of piperidine rings is 1. The van der Waals surface area contributed by atoms with E-state index < -0.39 is 5.41 Å². The highest BCUT2D eigenvalue weighted by molar-refractivity contribution is 5.79. The number of hydrogen-bond acceptors (Lipinski definition) is 4. The number of rotatable bonds is 5. The minimum Gasteiger partial charge on any atom is -0.469 e. The maximum absolute atomic E-state index is 12.0. The van der Waals surface area contributed by atoms with E-state index in [1.165, 1.54) is 20.0 Å². The molecule has 0 aromatic carbocycles. The van der Waals surface area contributed by atoms with Gasteiger partial charge in [0.2, 0.25) is 5.91 Å². The zero-order chi connectivity index (χ0) is 14.8. The van der Waals surface area contributed by atoms with E-state index in [4.69, 9.17) is 4.74 Å². The van der Waals surface area contributed by atoms with Crippen molar-refractivity contribution >= 4 is 11.9 Å². The van der Waals surface area contributed by atoms with Crippen LogP contribution in [0.2, 0.25) is 0 Å². The lowest BCUT2D eigenvalue weighted by molar-refractivity contribution is -0.150. The van der Waals surface area contributed by atoms with Crippen LogP contribution in [0.25, 0.3) is 0 Å². The Labute approximate surface area is 120 Å². The number of carbonyl (C=O) groups is 2. The lowest BCUT2D eigenvalue weighted by atomic mass is 9.89. The highest BCUT2D eigenvalue weighted by Crippen LogP contribution is 2.32. The minimum absolute atomic E-state index is 0.0493. The van der Waals surface area contributed by atoms with Crippen LogP contribution in [0, 0.1) is 11.3 Å². The predicted octanol–water partition coefficient (Wildman–Crippen LogP) is 1.22. The summed E-state index contributed by atoms with van der Waals surface area (Å²) in [5.41, 5.74) is -0.669. The summed E-state index contributed by atoms with van der Waals surface area (Å²) in [5.74, 6) is 0.237. The third kappa shape index (κ3) is 3.72. The van der Waals surface area contributed by atoms with E-state index >= 15 is 0 Å². The molecule has 2 heterocycles. The summed E-state index contributed by atoms with van der Waals surface area (Å²) in [5, 5.41) is 6.45. The first kappa shape index (κ1) is 15.3. The van der Waals surface area contributed by atoms with E-state index in [2.05, 4.69) is 10.6 Å². The van der Waals surface area contributed by atoms with Gasteiger partial charge < -0.3 is 15.4 Å². The van der Waals surface area contributed by atoms with Gasteiger partial charge in [-0.15, -0.1) is 0 Å². The Kier molecular flexibility index (Phi) is 4.68. The van der Waals surface area contributed by atoms with E-state index in [-0.39, 0.29) is 11.9 Å². The van der Waals surface area contributed by atoms with Crippen molar-refractivity contribution in [1.82, 2.24) is 10.6 Å². The molecule has 2 atom stereocenters. The lowest BCUT2D eigenvalue weighted by Crippen LogP contribution is -2.42. The molecular weight excluding hydrogens is 256 g/mol. The zero-order valence-corrected chi connectivity index (χ0v) is 12.7. The van der Waals surface area contributed by atoms with Gasteiger partial charge in [-0.2, -0.15) is 0 Å². The van der Waals surface area contributed by atoms with Gasteiger partial charge in [-0.05, 0) is 45.4 Å². The fourth-order valence-corrected chi connectivity index (χ4v) is 3.34. The summed E-state index contributed by atoms with van der Waals surface area (Å²) in [7, 11) is 1.37. The van der Waals surface area contributed by atoms with E-state index in [1.807, 2.05) is 0 Å². The van der Waals surface area contributed by atoms with E-state index in [9.17, 15) is 9.59 Å². The quantitative estimate of drug-likeness (QED) is 0.744. The summed E-state index contributed by atoms with van der Waals surface area (Å²) >= 11 is 0. The van der Waals surface area contributed by atoms with Crippen LogP contribution in [0.5, 0.6) is 0 Å². The summed E-state index contributed by atoms with van der Waals surface area (Å²) in [6, 6.07) is 1.22. The molecule has 5 nitrogen and oxygen atoms in total. The number of ether oxygens (including phenoxy) is 1. The highest BCUT2D eigenvalue weighted by Gasteiger charge is 2.34. The van der Waals surface area contributed by atoms with Gasteiger partial charge in [-0.1, -0.05) is 0 Å². The molecule has 1 amide bonds. The van der Waals surface area contributed by atoms with Crippen LogP contribution < -0.4 is 10.6 Å². The van der Waals surface area contributed by atoms with Crippen molar-refractivity contribution in [3.05, 3.63) is 0 Å². The van der Waals surface area contributed by atoms with Crippen LogP contribution in [-0.4, -0.2) is 37.6 Å². The molecule has 2 unspecified atom stereocenters.